The Hall–Kier alpha value is -3.92. The van der Waals surface area contributed by atoms with E-state index in [1.54, 1.807) is 24.3 Å². The van der Waals surface area contributed by atoms with E-state index in [9.17, 15) is 9.59 Å². The van der Waals surface area contributed by atoms with Crippen LogP contribution in [0.15, 0.2) is 108 Å². The Morgan fingerprint density at radius 3 is 1.90 bits per heavy atom. The topological polar surface area (TPSA) is 52.6 Å². The zero-order chi connectivity index (χ0) is 29.5. The number of ether oxygens (including phenoxy) is 2. The molecule has 2 atom stereocenters. The molecule has 2 aliphatic carbocycles. The van der Waals surface area contributed by atoms with Crippen molar-refractivity contribution < 1.29 is 19.1 Å². The van der Waals surface area contributed by atoms with Gasteiger partial charge in [0.25, 0.3) is 0 Å². The van der Waals surface area contributed by atoms with Crippen LogP contribution in [-0.4, -0.2) is 18.0 Å². The average Bonchev–Trinajstić information content (AvgIpc) is 3.56. The van der Waals surface area contributed by atoms with Crippen molar-refractivity contribution in [1.82, 2.24) is 0 Å². The first-order valence-electron chi connectivity index (χ1n) is 15.5. The van der Waals surface area contributed by atoms with E-state index in [1.165, 1.54) is 5.57 Å². The van der Waals surface area contributed by atoms with Crippen LogP contribution in [-0.2, 0) is 9.47 Å². The molecule has 3 aromatic rings. The van der Waals surface area contributed by atoms with Crippen molar-refractivity contribution in [3.05, 3.63) is 125 Å². The van der Waals surface area contributed by atoms with E-state index in [-0.39, 0.29) is 5.92 Å². The van der Waals surface area contributed by atoms with Gasteiger partial charge in [-0.05, 0) is 78.5 Å². The summed E-state index contributed by atoms with van der Waals surface area (Å²) in [5.74, 6) is 0.247. The minimum absolute atomic E-state index is 0.272. The molecule has 0 aromatic heterocycles. The summed E-state index contributed by atoms with van der Waals surface area (Å²) in [6.45, 7) is 6.59. The summed E-state index contributed by atoms with van der Waals surface area (Å²) in [4.78, 5) is 27.6. The van der Waals surface area contributed by atoms with Crippen molar-refractivity contribution >= 4 is 17.5 Å². The second kappa shape index (κ2) is 13.4. The van der Waals surface area contributed by atoms with Gasteiger partial charge in [-0.3, -0.25) is 0 Å². The van der Waals surface area contributed by atoms with Crippen LogP contribution in [0.5, 0.6) is 0 Å². The largest absolute Gasteiger partial charge is 0.450 e. The van der Waals surface area contributed by atoms with Gasteiger partial charge in [-0.1, -0.05) is 113 Å². The fourth-order valence-electron chi connectivity index (χ4n) is 7.05. The van der Waals surface area contributed by atoms with Gasteiger partial charge in [0, 0.05) is 5.41 Å². The van der Waals surface area contributed by atoms with Crippen molar-refractivity contribution in [2.45, 2.75) is 71.8 Å². The number of allylic oxidation sites excluding steroid dienone is 2. The van der Waals surface area contributed by atoms with E-state index in [2.05, 4.69) is 51.1 Å². The first-order valence-corrected chi connectivity index (χ1v) is 15.5. The van der Waals surface area contributed by atoms with E-state index in [4.69, 9.17) is 9.47 Å². The van der Waals surface area contributed by atoms with Crippen LogP contribution in [0.4, 0.5) is 0 Å². The van der Waals surface area contributed by atoms with Gasteiger partial charge in [-0.25, -0.2) is 9.59 Å². The van der Waals surface area contributed by atoms with Crippen LogP contribution in [0.1, 0.15) is 92.0 Å². The average molecular weight is 563 g/mol. The van der Waals surface area contributed by atoms with Gasteiger partial charge in [0.1, 0.15) is 0 Å². The second-order valence-corrected chi connectivity index (χ2v) is 12.1. The molecule has 42 heavy (non-hydrogen) atoms. The highest BCUT2D eigenvalue weighted by Crippen LogP contribution is 2.59. The first-order chi connectivity index (χ1) is 20.4. The summed E-state index contributed by atoms with van der Waals surface area (Å²) in [6.07, 6.45) is 8.24. The van der Waals surface area contributed by atoms with E-state index < -0.39 is 23.5 Å². The lowest BCUT2D eigenvalue weighted by Gasteiger charge is -2.50. The van der Waals surface area contributed by atoms with Crippen molar-refractivity contribution in [2.75, 3.05) is 0 Å². The number of esters is 2. The lowest BCUT2D eigenvalue weighted by molar-refractivity contribution is -0.0332. The number of hydrogen-bond donors (Lipinski definition) is 0. The molecule has 2 aliphatic rings. The molecule has 0 aliphatic heterocycles. The number of hydrogen-bond acceptors (Lipinski definition) is 4. The Kier molecular flexibility index (Phi) is 9.41. The molecule has 4 heteroatoms. The second-order valence-electron chi connectivity index (χ2n) is 12.1. The molecule has 1 fully saturated rings. The number of carbonyl (C=O) groups excluding carboxylic acids is 2. The van der Waals surface area contributed by atoms with Crippen LogP contribution in [0.3, 0.4) is 0 Å². The van der Waals surface area contributed by atoms with Crippen molar-refractivity contribution in [1.29, 1.82) is 0 Å². The van der Waals surface area contributed by atoms with Gasteiger partial charge in [-0.2, -0.15) is 0 Å². The molecule has 3 aromatic carbocycles. The first kappa shape index (κ1) is 29.6. The van der Waals surface area contributed by atoms with Crippen LogP contribution in [0.25, 0.3) is 5.57 Å². The van der Waals surface area contributed by atoms with Crippen molar-refractivity contribution in [3.63, 3.8) is 0 Å². The van der Waals surface area contributed by atoms with E-state index >= 15 is 0 Å². The molecular weight excluding hydrogens is 520 g/mol. The number of carbonyl (C=O) groups is 2. The molecule has 0 spiro atoms. The van der Waals surface area contributed by atoms with Gasteiger partial charge in [0.05, 0.1) is 11.1 Å². The lowest BCUT2D eigenvalue weighted by atomic mass is 9.57. The fraction of sp³-hybridized carbons (Fsp3) is 0.368. The smallest absolute Gasteiger partial charge is 0.343 e. The lowest BCUT2D eigenvalue weighted by Crippen LogP contribution is -2.49. The highest BCUT2D eigenvalue weighted by Gasteiger charge is 2.56. The monoisotopic (exact) mass is 562 g/mol. The molecule has 0 N–H and O–H groups in total. The molecule has 4 nitrogen and oxygen atoms in total. The zero-order valence-electron chi connectivity index (χ0n) is 25.1. The summed E-state index contributed by atoms with van der Waals surface area (Å²) in [5.41, 5.74) is 3.65. The summed E-state index contributed by atoms with van der Waals surface area (Å²) >= 11 is 0. The highest BCUT2D eigenvalue weighted by atomic mass is 16.6. The molecule has 0 amide bonds. The van der Waals surface area contributed by atoms with Gasteiger partial charge < -0.3 is 9.47 Å². The van der Waals surface area contributed by atoms with Gasteiger partial charge in [0.15, 0.2) is 11.9 Å². The minimum atomic E-state index is -0.745. The third-order valence-electron chi connectivity index (χ3n) is 8.72. The zero-order valence-corrected chi connectivity index (χ0v) is 25.1. The Balaban J connectivity index is 1.75. The molecule has 0 saturated heterocycles. The summed E-state index contributed by atoms with van der Waals surface area (Å²) < 4.78 is 13.1. The molecular formula is C38H42O4. The van der Waals surface area contributed by atoms with Crippen molar-refractivity contribution in [3.8, 4) is 0 Å². The Morgan fingerprint density at radius 2 is 1.36 bits per heavy atom. The molecule has 2 unspecified atom stereocenters. The molecule has 5 rings (SSSR count). The van der Waals surface area contributed by atoms with Crippen LogP contribution >= 0.6 is 0 Å². The normalized spacial score (nSPS) is 20.9. The van der Waals surface area contributed by atoms with Crippen LogP contribution < -0.4 is 0 Å². The van der Waals surface area contributed by atoms with Crippen LogP contribution in [0.2, 0.25) is 0 Å². The maximum Gasteiger partial charge on any atom is 0.343 e. The maximum atomic E-state index is 13.9. The molecule has 0 radical (unpaired) electrons. The predicted molar refractivity (Wildman–Crippen MR) is 168 cm³/mol. The Bertz CT molecular complexity index is 1420. The molecule has 0 heterocycles. The quantitative estimate of drug-likeness (QED) is 0.231. The van der Waals surface area contributed by atoms with Gasteiger partial charge >= 0.3 is 11.9 Å². The van der Waals surface area contributed by atoms with Crippen molar-refractivity contribution in [2.24, 2.45) is 17.3 Å². The van der Waals surface area contributed by atoms with E-state index in [1.807, 2.05) is 42.5 Å². The number of benzene rings is 3. The summed E-state index contributed by atoms with van der Waals surface area (Å²) in [5, 5.41) is 0. The number of rotatable bonds is 10. The molecule has 0 bridgehead atoms. The predicted octanol–water partition coefficient (Wildman–Crippen LogP) is 9.44. The minimum Gasteiger partial charge on any atom is -0.450 e. The van der Waals surface area contributed by atoms with E-state index in [0.29, 0.717) is 29.2 Å². The van der Waals surface area contributed by atoms with E-state index in [0.717, 1.165) is 49.7 Å². The Labute approximate surface area is 250 Å². The van der Waals surface area contributed by atoms with Gasteiger partial charge in [-0.15, -0.1) is 0 Å². The molecule has 218 valence electrons. The fourth-order valence-corrected chi connectivity index (χ4v) is 7.05. The summed E-state index contributed by atoms with van der Waals surface area (Å²) in [6, 6.07) is 28.7. The standard InChI is InChI=1S/C38H42O4/c1-4-16-31-25-33(28-17-8-5-9-18-28)38(26-27(2)3,32-23-14-15-24-32)35(42-37(40)30-21-12-7-13-22-30)34(31)41-36(39)29-19-10-6-11-20-29/h5-13,17-22,25,27,32,35H,4,14-16,23-24,26H2,1-3H3. The maximum absolute atomic E-state index is 13.9. The van der Waals surface area contributed by atoms with Crippen LogP contribution in [0, 0.1) is 17.3 Å². The molecule has 1 saturated carbocycles. The Morgan fingerprint density at radius 1 is 0.810 bits per heavy atom. The summed E-state index contributed by atoms with van der Waals surface area (Å²) in [7, 11) is 0. The third kappa shape index (κ3) is 6.13. The highest BCUT2D eigenvalue weighted by molar-refractivity contribution is 5.92. The third-order valence-corrected chi connectivity index (χ3v) is 8.72. The SMILES string of the molecule is CCCC1=C(OC(=O)c2ccccc2)C(OC(=O)c2ccccc2)C(CC(C)C)(C2CCCC2)C(c2ccccc2)=C1. The van der Waals surface area contributed by atoms with Gasteiger partial charge in [0.2, 0.25) is 0 Å².